The predicted molar refractivity (Wildman–Crippen MR) is 86.6 cm³/mol. The molecular formula is C15H26N4O3S. The van der Waals surface area contributed by atoms with E-state index in [2.05, 4.69) is 17.3 Å². The topological polar surface area (TPSA) is 76.5 Å². The zero-order chi connectivity index (χ0) is 16.5. The molecule has 8 heteroatoms. The first-order valence-electron chi connectivity index (χ1n) is 8.31. The van der Waals surface area contributed by atoms with Crippen LogP contribution in [0.5, 0.6) is 0 Å². The van der Waals surface area contributed by atoms with Crippen molar-refractivity contribution < 1.29 is 13.2 Å². The predicted octanol–water partition coefficient (Wildman–Crippen LogP) is 0.732. The smallest absolute Gasteiger partial charge is 0.246 e. The first-order chi connectivity index (χ1) is 11.0. The fourth-order valence-corrected chi connectivity index (χ4v) is 5.08. The van der Waals surface area contributed by atoms with Crippen LogP contribution < -0.4 is 5.32 Å². The van der Waals surface area contributed by atoms with Crippen molar-refractivity contribution in [2.75, 3.05) is 26.2 Å². The van der Waals surface area contributed by atoms with E-state index in [9.17, 15) is 8.42 Å². The minimum absolute atomic E-state index is 0.161. The lowest BCUT2D eigenvalue weighted by atomic mass is 9.83. The summed E-state index contributed by atoms with van der Waals surface area (Å²) in [6, 6.07) is 0.482. The van der Waals surface area contributed by atoms with Crippen LogP contribution in [0.4, 0.5) is 0 Å². The second-order valence-corrected chi connectivity index (χ2v) is 8.47. The van der Waals surface area contributed by atoms with Crippen LogP contribution >= 0.6 is 0 Å². The molecule has 1 atom stereocenters. The van der Waals surface area contributed by atoms with Gasteiger partial charge in [0.1, 0.15) is 4.90 Å². The molecule has 130 valence electrons. The van der Waals surface area contributed by atoms with Crippen LogP contribution in [0, 0.1) is 0 Å². The number of aryl methyl sites for hydroxylation is 1. The second kappa shape index (κ2) is 6.51. The van der Waals surface area contributed by atoms with Gasteiger partial charge in [-0.3, -0.25) is 4.68 Å². The molecule has 0 unspecified atom stereocenters. The fourth-order valence-electron chi connectivity index (χ4n) is 3.65. The van der Waals surface area contributed by atoms with E-state index in [0.717, 1.165) is 38.8 Å². The van der Waals surface area contributed by atoms with Crippen LogP contribution in [0.1, 0.15) is 32.6 Å². The normalized spacial score (nSPS) is 25.7. The van der Waals surface area contributed by atoms with Crippen molar-refractivity contribution in [1.82, 2.24) is 19.4 Å². The summed E-state index contributed by atoms with van der Waals surface area (Å²) in [7, 11) is -1.72. The van der Waals surface area contributed by atoms with Gasteiger partial charge in [0.2, 0.25) is 10.0 Å². The third-order valence-corrected chi connectivity index (χ3v) is 6.79. The van der Waals surface area contributed by atoms with E-state index in [-0.39, 0.29) is 10.5 Å². The summed E-state index contributed by atoms with van der Waals surface area (Å²) in [5.41, 5.74) is -0.161. The molecule has 23 heavy (non-hydrogen) atoms. The average molecular weight is 342 g/mol. The monoisotopic (exact) mass is 342 g/mol. The molecule has 2 saturated heterocycles. The zero-order valence-corrected chi connectivity index (χ0v) is 14.7. The number of nitrogens with one attached hydrogen (secondary N) is 1. The lowest BCUT2D eigenvalue weighted by Crippen LogP contribution is -2.53. The molecule has 3 rings (SSSR count). The summed E-state index contributed by atoms with van der Waals surface area (Å²) < 4.78 is 34.5. The van der Waals surface area contributed by atoms with E-state index in [1.54, 1.807) is 17.5 Å². The Kier molecular flexibility index (Phi) is 4.78. The molecule has 1 aromatic heterocycles. The number of hydrogen-bond acceptors (Lipinski definition) is 5. The lowest BCUT2D eigenvalue weighted by molar-refractivity contribution is -0.112. The zero-order valence-electron chi connectivity index (χ0n) is 13.9. The van der Waals surface area contributed by atoms with Gasteiger partial charge in [-0.05, 0) is 32.2 Å². The number of aromatic nitrogens is 2. The van der Waals surface area contributed by atoms with Crippen LogP contribution in [-0.2, 0) is 21.8 Å². The van der Waals surface area contributed by atoms with Crippen LogP contribution in [-0.4, -0.2) is 60.4 Å². The molecule has 1 spiro atoms. The van der Waals surface area contributed by atoms with Crippen molar-refractivity contribution in [2.45, 2.75) is 49.1 Å². The molecule has 0 bridgehead atoms. The third kappa shape index (κ3) is 3.45. The highest BCUT2D eigenvalue weighted by Crippen LogP contribution is 2.36. The van der Waals surface area contributed by atoms with Crippen molar-refractivity contribution in [3.8, 4) is 0 Å². The quantitative estimate of drug-likeness (QED) is 0.873. The molecular weight excluding hydrogens is 316 g/mol. The maximum absolute atomic E-state index is 12.7. The molecule has 0 amide bonds. The van der Waals surface area contributed by atoms with E-state index in [1.165, 1.54) is 10.9 Å². The van der Waals surface area contributed by atoms with E-state index in [0.29, 0.717) is 19.1 Å². The molecule has 7 nitrogen and oxygen atoms in total. The Morgan fingerprint density at radius 2 is 2.17 bits per heavy atom. The van der Waals surface area contributed by atoms with Gasteiger partial charge in [0, 0.05) is 39.0 Å². The molecule has 1 aromatic rings. The Hall–Kier alpha value is -0.960. The largest absolute Gasteiger partial charge is 0.375 e. The standard InChI is InChI=1S/C15H26N4O3S/c1-3-16-13-4-9-22-15(10-13)5-7-19(8-6-15)23(20,21)14-11-17-18(2)12-14/h11-13,16H,3-10H2,1-2H3/t13-/m0/s1. The molecule has 2 fully saturated rings. The summed E-state index contributed by atoms with van der Waals surface area (Å²) in [6.45, 7) is 4.85. The van der Waals surface area contributed by atoms with E-state index in [1.807, 2.05) is 0 Å². The summed E-state index contributed by atoms with van der Waals surface area (Å²) in [6.07, 6.45) is 6.49. The Labute approximate surface area is 138 Å². The number of ether oxygens (including phenoxy) is 1. The SMILES string of the molecule is CCN[C@H]1CCOC2(CCN(S(=O)(=O)c3cnn(C)c3)CC2)C1. The van der Waals surface area contributed by atoms with Gasteiger partial charge in [-0.2, -0.15) is 9.40 Å². The second-order valence-electron chi connectivity index (χ2n) is 6.53. The minimum atomic E-state index is -3.44. The Bertz CT molecular complexity index is 633. The number of rotatable bonds is 4. The number of nitrogens with zero attached hydrogens (tertiary/aromatic N) is 3. The molecule has 0 radical (unpaired) electrons. The first-order valence-corrected chi connectivity index (χ1v) is 9.75. The van der Waals surface area contributed by atoms with Crippen molar-refractivity contribution in [3.63, 3.8) is 0 Å². The average Bonchev–Trinajstić information content (AvgIpc) is 2.96. The molecule has 3 heterocycles. The van der Waals surface area contributed by atoms with Crippen LogP contribution in [0.3, 0.4) is 0 Å². The Balaban J connectivity index is 1.66. The van der Waals surface area contributed by atoms with Crippen molar-refractivity contribution in [1.29, 1.82) is 0 Å². The molecule has 0 aliphatic carbocycles. The Morgan fingerprint density at radius 1 is 1.43 bits per heavy atom. The van der Waals surface area contributed by atoms with Crippen molar-refractivity contribution in [3.05, 3.63) is 12.4 Å². The minimum Gasteiger partial charge on any atom is -0.375 e. The molecule has 2 aliphatic heterocycles. The van der Waals surface area contributed by atoms with Crippen molar-refractivity contribution >= 4 is 10.0 Å². The van der Waals surface area contributed by atoms with Crippen LogP contribution in [0.25, 0.3) is 0 Å². The number of sulfonamides is 1. The van der Waals surface area contributed by atoms with Gasteiger partial charge < -0.3 is 10.1 Å². The number of hydrogen-bond donors (Lipinski definition) is 1. The van der Waals surface area contributed by atoms with Gasteiger partial charge in [-0.25, -0.2) is 8.42 Å². The summed E-state index contributed by atoms with van der Waals surface area (Å²) in [5, 5.41) is 7.47. The molecule has 2 aliphatic rings. The first kappa shape index (κ1) is 16.9. The van der Waals surface area contributed by atoms with Crippen molar-refractivity contribution in [2.24, 2.45) is 7.05 Å². The highest BCUT2D eigenvalue weighted by molar-refractivity contribution is 7.89. The fraction of sp³-hybridized carbons (Fsp3) is 0.800. The number of piperidine rings is 1. The van der Waals surface area contributed by atoms with Gasteiger partial charge in [-0.1, -0.05) is 6.92 Å². The summed E-state index contributed by atoms with van der Waals surface area (Å²) in [5.74, 6) is 0. The molecule has 1 N–H and O–H groups in total. The highest BCUT2D eigenvalue weighted by Gasteiger charge is 2.42. The summed E-state index contributed by atoms with van der Waals surface area (Å²) >= 11 is 0. The highest BCUT2D eigenvalue weighted by atomic mass is 32.2. The molecule has 0 aromatic carbocycles. The van der Waals surface area contributed by atoms with E-state index < -0.39 is 10.0 Å². The molecule has 0 saturated carbocycles. The van der Waals surface area contributed by atoms with Gasteiger partial charge in [0.05, 0.1) is 11.8 Å². The van der Waals surface area contributed by atoms with Crippen LogP contribution in [0.15, 0.2) is 17.3 Å². The third-order valence-electron chi connectivity index (χ3n) is 4.94. The van der Waals surface area contributed by atoms with Crippen LogP contribution in [0.2, 0.25) is 0 Å². The van der Waals surface area contributed by atoms with Gasteiger partial charge in [0.15, 0.2) is 0 Å². The Morgan fingerprint density at radius 3 is 2.78 bits per heavy atom. The maximum Gasteiger partial charge on any atom is 0.246 e. The maximum atomic E-state index is 12.7. The van der Waals surface area contributed by atoms with E-state index in [4.69, 9.17) is 4.74 Å². The van der Waals surface area contributed by atoms with Gasteiger partial charge >= 0.3 is 0 Å². The lowest BCUT2D eigenvalue weighted by Gasteiger charge is -2.45. The van der Waals surface area contributed by atoms with E-state index >= 15 is 0 Å². The summed E-state index contributed by atoms with van der Waals surface area (Å²) in [4.78, 5) is 0.269. The van der Waals surface area contributed by atoms with Gasteiger partial charge in [-0.15, -0.1) is 0 Å². The van der Waals surface area contributed by atoms with Gasteiger partial charge in [0.25, 0.3) is 0 Å².